The standard InChI is InChI=1S/C9H7N3O2/c13-8-4-6(9(14)12-8)3-7-1-2-10-5-11-7/h1-3,5H,4H2,(H,12,13,14)/b6-3-. The van der Waals surface area contributed by atoms with Crippen LogP contribution in [0.15, 0.2) is 24.2 Å². The van der Waals surface area contributed by atoms with Crippen molar-refractivity contribution >= 4 is 17.9 Å². The minimum atomic E-state index is -0.339. The lowest BCUT2D eigenvalue weighted by Crippen LogP contribution is -2.19. The number of imide groups is 1. The predicted molar refractivity (Wildman–Crippen MR) is 47.8 cm³/mol. The van der Waals surface area contributed by atoms with Gasteiger partial charge in [-0.2, -0.15) is 0 Å². The van der Waals surface area contributed by atoms with Gasteiger partial charge in [-0.3, -0.25) is 14.9 Å². The Hall–Kier alpha value is -2.04. The van der Waals surface area contributed by atoms with Gasteiger partial charge in [-0.15, -0.1) is 0 Å². The van der Waals surface area contributed by atoms with Crippen molar-refractivity contribution in [3.8, 4) is 0 Å². The maximum atomic E-state index is 11.1. The van der Waals surface area contributed by atoms with E-state index in [1.165, 1.54) is 6.33 Å². The van der Waals surface area contributed by atoms with Crippen LogP contribution in [0.5, 0.6) is 0 Å². The Kier molecular flexibility index (Phi) is 2.06. The van der Waals surface area contributed by atoms with E-state index in [0.717, 1.165) is 0 Å². The normalized spacial score (nSPS) is 18.7. The molecule has 2 rings (SSSR count). The van der Waals surface area contributed by atoms with Crippen molar-refractivity contribution in [3.05, 3.63) is 29.9 Å². The summed E-state index contributed by atoms with van der Waals surface area (Å²) in [5.41, 5.74) is 1.06. The largest absolute Gasteiger partial charge is 0.292 e. The highest BCUT2D eigenvalue weighted by molar-refractivity contribution is 6.15. The third-order valence-corrected chi connectivity index (χ3v) is 1.82. The molecular formula is C9H7N3O2. The van der Waals surface area contributed by atoms with Crippen molar-refractivity contribution in [2.75, 3.05) is 0 Å². The Bertz CT molecular complexity index is 411. The number of nitrogens with zero attached hydrogens (tertiary/aromatic N) is 2. The molecule has 1 aromatic rings. The van der Waals surface area contributed by atoms with E-state index in [-0.39, 0.29) is 18.2 Å². The van der Waals surface area contributed by atoms with Crippen LogP contribution in [-0.4, -0.2) is 21.8 Å². The van der Waals surface area contributed by atoms with Crippen molar-refractivity contribution in [3.63, 3.8) is 0 Å². The average Bonchev–Trinajstić information content (AvgIpc) is 2.47. The van der Waals surface area contributed by atoms with Crippen LogP contribution in [0.1, 0.15) is 12.1 Å². The zero-order chi connectivity index (χ0) is 9.97. The monoisotopic (exact) mass is 189 g/mol. The van der Waals surface area contributed by atoms with E-state index in [0.29, 0.717) is 11.3 Å². The first-order valence-electron chi connectivity index (χ1n) is 4.06. The summed E-state index contributed by atoms with van der Waals surface area (Å²) in [7, 11) is 0. The van der Waals surface area contributed by atoms with E-state index < -0.39 is 0 Å². The fourth-order valence-corrected chi connectivity index (χ4v) is 1.19. The summed E-state index contributed by atoms with van der Waals surface area (Å²) in [4.78, 5) is 29.7. The van der Waals surface area contributed by atoms with Crippen molar-refractivity contribution in [2.24, 2.45) is 0 Å². The Morgan fingerprint density at radius 3 is 2.86 bits per heavy atom. The van der Waals surface area contributed by atoms with Gasteiger partial charge in [-0.1, -0.05) is 0 Å². The predicted octanol–water partition coefficient (Wildman–Crippen LogP) is -0.0935. The summed E-state index contributed by atoms with van der Waals surface area (Å²) in [6.45, 7) is 0. The summed E-state index contributed by atoms with van der Waals surface area (Å²) in [6.07, 6.45) is 4.68. The van der Waals surface area contributed by atoms with Gasteiger partial charge in [0.15, 0.2) is 0 Å². The molecule has 0 radical (unpaired) electrons. The van der Waals surface area contributed by atoms with Gasteiger partial charge in [0.2, 0.25) is 5.91 Å². The lowest BCUT2D eigenvalue weighted by Gasteiger charge is -1.92. The van der Waals surface area contributed by atoms with E-state index in [4.69, 9.17) is 0 Å². The number of hydrogen-bond acceptors (Lipinski definition) is 4. The summed E-state index contributed by atoms with van der Waals surface area (Å²) in [5, 5.41) is 2.20. The Labute approximate surface area is 79.9 Å². The molecule has 0 atom stereocenters. The minimum absolute atomic E-state index is 0.128. The lowest BCUT2D eigenvalue weighted by molar-refractivity contribution is -0.124. The molecule has 2 heterocycles. The van der Waals surface area contributed by atoms with Crippen molar-refractivity contribution in [2.45, 2.75) is 6.42 Å². The number of carbonyl (C=O) groups excluding carboxylic acids is 2. The molecule has 1 saturated heterocycles. The first-order valence-corrected chi connectivity index (χ1v) is 4.06. The third-order valence-electron chi connectivity index (χ3n) is 1.82. The molecule has 0 spiro atoms. The molecule has 1 fully saturated rings. The molecule has 1 aliphatic rings. The second kappa shape index (κ2) is 3.37. The van der Waals surface area contributed by atoms with Crippen LogP contribution in [0.25, 0.3) is 6.08 Å². The second-order valence-corrected chi connectivity index (χ2v) is 2.86. The third kappa shape index (κ3) is 1.66. The first-order chi connectivity index (χ1) is 6.75. The number of aromatic nitrogens is 2. The first kappa shape index (κ1) is 8.55. The maximum absolute atomic E-state index is 11.1. The van der Waals surface area contributed by atoms with Crippen LogP contribution in [0.3, 0.4) is 0 Å². The van der Waals surface area contributed by atoms with Crippen LogP contribution >= 0.6 is 0 Å². The highest BCUT2D eigenvalue weighted by atomic mass is 16.2. The molecule has 70 valence electrons. The summed E-state index contributed by atoms with van der Waals surface area (Å²) in [6, 6.07) is 1.67. The molecule has 1 aromatic heterocycles. The van der Waals surface area contributed by atoms with Gasteiger partial charge < -0.3 is 0 Å². The molecule has 2 amide bonds. The van der Waals surface area contributed by atoms with Crippen molar-refractivity contribution < 1.29 is 9.59 Å². The zero-order valence-electron chi connectivity index (χ0n) is 7.23. The van der Waals surface area contributed by atoms with Crippen LogP contribution in [-0.2, 0) is 9.59 Å². The number of amides is 2. The van der Waals surface area contributed by atoms with E-state index in [9.17, 15) is 9.59 Å². The number of hydrogen-bond donors (Lipinski definition) is 1. The van der Waals surface area contributed by atoms with Gasteiger partial charge in [0.05, 0.1) is 12.1 Å². The van der Waals surface area contributed by atoms with E-state index in [1.807, 2.05) is 0 Å². The van der Waals surface area contributed by atoms with Gasteiger partial charge >= 0.3 is 0 Å². The molecule has 0 unspecified atom stereocenters. The molecule has 14 heavy (non-hydrogen) atoms. The fourth-order valence-electron chi connectivity index (χ4n) is 1.19. The highest BCUT2D eigenvalue weighted by Gasteiger charge is 2.23. The molecule has 0 saturated carbocycles. The van der Waals surface area contributed by atoms with E-state index in [1.54, 1.807) is 18.3 Å². The molecule has 5 nitrogen and oxygen atoms in total. The van der Waals surface area contributed by atoms with Crippen molar-refractivity contribution in [1.29, 1.82) is 0 Å². The molecule has 0 aromatic carbocycles. The second-order valence-electron chi connectivity index (χ2n) is 2.86. The smallest absolute Gasteiger partial charge is 0.254 e. The van der Waals surface area contributed by atoms with Crippen LogP contribution in [0.2, 0.25) is 0 Å². The maximum Gasteiger partial charge on any atom is 0.254 e. The van der Waals surface area contributed by atoms with Gasteiger partial charge in [0, 0.05) is 11.8 Å². The Balaban J connectivity index is 2.28. The highest BCUT2D eigenvalue weighted by Crippen LogP contribution is 2.12. The summed E-state index contributed by atoms with van der Waals surface area (Å²) < 4.78 is 0. The quantitative estimate of drug-likeness (QED) is 0.495. The minimum Gasteiger partial charge on any atom is -0.292 e. The number of carbonyl (C=O) groups is 2. The summed E-state index contributed by atoms with van der Waals surface area (Å²) >= 11 is 0. The SMILES string of the molecule is O=C1C/C(=C/c2ccncn2)C(=O)N1. The molecular weight excluding hydrogens is 182 g/mol. The molecule has 0 bridgehead atoms. The molecule has 5 heteroatoms. The topological polar surface area (TPSA) is 72.0 Å². The number of rotatable bonds is 1. The Morgan fingerprint density at radius 2 is 2.29 bits per heavy atom. The van der Waals surface area contributed by atoms with E-state index in [2.05, 4.69) is 15.3 Å². The van der Waals surface area contributed by atoms with Gasteiger partial charge in [0.25, 0.3) is 5.91 Å². The van der Waals surface area contributed by atoms with E-state index >= 15 is 0 Å². The number of nitrogens with one attached hydrogen (secondary N) is 1. The molecule has 1 N–H and O–H groups in total. The average molecular weight is 189 g/mol. The van der Waals surface area contributed by atoms with Crippen LogP contribution in [0, 0.1) is 0 Å². The van der Waals surface area contributed by atoms with Crippen LogP contribution in [0.4, 0.5) is 0 Å². The lowest BCUT2D eigenvalue weighted by atomic mass is 10.2. The van der Waals surface area contributed by atoms with Crippen LogP contribution < -0.4 is 5.32 Å². The fraction of sp³-hybridized carbons (Fsp3) is 0.111. The molecule has 0 aliphatic carbocycles. The molecule has 1 aliphatic heterocycles. The van der Waals surface area contributed by atoms with Crippen molar-refractivity contribution in [1.82, 2.24) is 15.3 Å². The van der Waals surface area contributed by atoms with Gasteiger partial charge in [-0.05, 0) is 12.1 Å². The summed E-state index contributed by atoms with van der Waals surface area (Å²) in [5.74, 6) is -0.607. The zero-order valence-corrected chi connectivity index (χ0v) is 7.23. The van der Waals surface area contributed by atoms with Gasteiger partial charge in [0.1, 0.15) is 6.33 Å². The van der Waals surface area contributed by atoms with Gasteiger partial charge in [-0.25, -0.2) is 9.97 Å². The Morgan fingerprint density at radius 1 is 1.43 bits per heavy atom.